The van der Waals surface area contributed by atoms with Gasteiger partial charge in [-0.25, -0.2) is 10.3 Å². The summed E-state index contributed by atoms with van der Waals surface area (Å²) in [4.78, 5) is 26.0. The number of nitrogens with one attached hydrogen (secondary N) is 1. The highest BCUT2D eigenvalue weighted by Crippen LogP contribution is 2.42. The molecule has 10 nitrogen and oxygen atoms in total. The van der Waals surface area contributed by atoms with Crippen molar-refractivity contribution in [3.8, 4) is 0 Å². The van der Waals surface area contributed by atoms with Gasteiger partial charge < -0.3 is 20.3 Å². The van der Waals surface area contributed by atoms with E-state index in [1.807, 2.05) is 0 Å². The maximum atomic E-state index is 14.4. The summed E-state index contributed by atoms with van der Waals surface area (Å²) in [6, 6.07) is 1.19. The Bertz CT molecular complexity index is 732. The molecule has 1 saturated heterocycles. The van der Waals surface area contributed by atoms with Crippen LogP contribution in [0.1, 0.15) is 44.8 Å². The lowest BCUT2D eigenvalue weighted by molar-refractivity contribution is -0.141. The molecule has 164 valence electrons. The van der Waals surface area contributed by atoms with E-state index in [1.54, 1.807) is 5.48 Å². The van der Waals surface area contributed by atoms with Crippen molar-refractivity contribution in [2.24, 2.45) is 0 Å². The van der Waals surface area contributed by atoms with Crippen LogP contribution in [0.4, 0.5) is 14.6 Å². The van der Waals surface area contributed by atoms with Gasteiger partial charge in [0.05, 0.1) is 6.61 Å². The molecule has 0 bridgehead atoms. The number of hydrogen-bond acceptors (Lipinski definition) is 8. The summed E-state index contributed by atoms with van der Waals surface area (Å²) in [6.45, 7) is 0.0460. The van der Waals surface area contributed by atoms with Crippen LogP contribution in [0, 0.1) is 0 Å². The second-order valence-electron chi connectivity index (χ2n) is 6.82. The Kier molecular flexibility index (Phi) is 8.44. The molecule has 0 saturated carbocycles. The largest absolute Gasteiger partial charge is 0.384 e. The predicted molar refractivity (Wildman–Crippen MR) is 96.2 cm³/mol. The van der Waals surface area contributed by atoms with Crippen molar-refractivity contribution < 1.29 is 33.4 Å². The molecule has 1 aliphatic rings. The number of ether oxygens (including phenoxy) is 2. The van der Waals surface area contributed by atoms with Crippen LogP contribution in [0.5, 0.6) is 0 Å². The zero-order chi connectivity index (χ0) is 21.4. The van der Waals surface area contributed by atoms with Gasteiger partial charge in [-0.15, -0.1) is 0 Å². The zero-order valence-corrected chi connectivity index (χ0v) is 15.8. The zero-order valence-electron chi connectivity index (χ0n) is 15.8. The van der Waals surface area contributed by atoms with Gasteiger partial charge in [-0.05, 0) is 18.9 Å². The maximum absolute atomic E-state index is 14.4. The fraction of sp³-hybridized carbons (Fsp3) is 0.706. The fourth-order valence-corrected chi connectivity index (χ4v) is 2.99. The Labute approximate surface area is 165 Å². The number of alkyl halides is 2. The smallest absolute Gasteiger partial charge is 0.351 e. The molecule has 29 heavy (non-hydrogen) atoms. The van der Waals surface area contributed by atoms with E-state index in [0.717, 1.165) is 25.5 Å². The van der Waals surface area contributed by atoms with Gasteiger partial charge in [-0.3, -0.25) is 14.6 Å². The number of nitrogens with two attached hydrogens (primary N) is 1. The average molecular weight is 420 g/mol. The predicted octanol–water partition coefficient (Wildman–Crippen LogP) is 0.582. The molecular weight excluding hydrogens is 394 g/mol. The molecule has 5 N–H and O–H groups in total. The molecule has 1 aliphatic heterocycles. The number of rotatable bonds is 11. The highest BCUT2D eigenvalue weighted by molar-refractivity contribution is 5.74. The fourth-order valence-electron chi connectivity index (χ4n) is 2.99. The first kappa shape index (κ1) is 23.1. The second kappa shape index (κ2) is 10.6. The molecule has 1 amide bonds. The lowest BCUT2D eigenvalue weighted by Gasteiger charge is -2.20. The number of anilines is 1. The number of aromatic nitrogens is 2. The minimum absolute atomic E-state index is 0.107. The number of aliphatic hydroxyl groups is 1. The van der Waals surface area contributed by atoms with Crippen LogP contribution in [-0.4, -0.2) is 57.1 Å². The second-order valence-corrected chi connectivity index (χ2v) is 6.82. The molecule has 3 unspecified atom stereocenters. The van der Waals surface area contributed by atoms with Crippen LogP contribution >= 0.6 is 0 Å². The van der Waals surface area contributed by atoms with E-state index in [1.165, 1.54) is 6.07 Å². The summed E-state index contributed by atoms with van der Waals surface area (Å²) >= 11 is 0. The SMILES string of the molecule is Nc1ccn(C2OC(COCCCCCCCC(=O)NO)C(O)C2(F)F)c(=O)n1. The Morgan fingerprint density at radius 1 is 1.34 bits per heavy atom. The summed E-state index contributed by atoms with van der Waals surface area (Å²) in [5, 5.41) is 18.3. The minimum Gasteiger partial charge on any atom is -0.384 e. The molecule has 2 rings (SSSR count). The van der Waals surface area contributed by atoms with Crippen molar-refractivity contribution in [1.82, 2.24) is 15.0 Å². The van der Waals surface area contributed by atoms with Gasteiger partial charge in [0.15, 0.2) is 6.10 Å². The normalized spacial score (nSPS) is 23.2. The molecule has 1 aromatic rings. The molecule has 0 aromatic carbocycles. The van der Waals surface area contributed by atoms with E-state index in [0.29, 0.717) is 24.0 Å². The highest BCUT2D eigenvalue weighted by atomic mass is 19.3. The summed E-state index contributed by atoms with van der Waals surface area (Å²) < 4.78 is 39.8. The third-order valence-corrected chi connectivity index (χ3v) is 4.58. The van der Waals surface area contributed by atoms with Crippen molar-refractivity contribution in [3.05, 3.63) is 22.7 Å². The quantitative estimate of drug-likeness (QED) is 0.231. The minimum atomic E-state index is -3.70. The van der Waals surface area contributed by atoms with Crippen molar-refractivity contribution in [1.29, 1.82) is 0 Å². The third kappa shape index (κ3) is 6.16. The van der Waals surface area contributed by atoms with Crippen LogP contribution < -0.4 is 16.9 Å². The Morgan fingerprint density at radius 3 is 2.72 bits per heavy atom. The number of carbonyl (C=O) groups is 1. The third-order valence-electron chi connectivity index (χ3n) is 4.58. The first-order valence-corrected chi connectivity index (χ1v) is 9.34. The van der Waals surface area contributed by atoms with Crippen LogP contribution in [0.3, 0.4) is 0 Å². The van der Waals surface area contributed by atoms with Gasteiger partial charge in [0.1, 0.15) is 11.9 Å². The molecular formula is C17H26F2N4O6. The molecule has 1 fully saturated rings. The molecule has 0 spiro atoms. The molecule has 12 heteroatoms. The van der Waals surface area contributed by atoms with Crippen LogP contribution in [0.15, 0.2) is 17.1 Å². The number of halogens is 2. The summed E-state index contributed by atoms with van der Waals surface area (Å²) in [6.07, 6.45) is -0.293. The van der Waals surface area contributed by atoms with E-state index < -0.39 is 36.0 Å². The summed E-state index contributed by atoms with van der Waals surface area (Å²) in [7, 11) is 0. The van der Waals surface area contributed by atoms with Gasteiger partial charge in [0.2, 0.25) is 12.1 Å². The van der Waals surface area contributed by atoms with Crippen LogP contribution in [0.25, 0.3) is 0 Å². The summed E-state index contributed by atoms with van der Waals surface area (Å²) in [5.41, 5.74) is 5.92. The Morgan fingerprint density at radius 2 is 2.03 bits per heavy atom. The molecule has 0 aliphatic carbocycles. The average Bonchev–Trinajstić information content (AvgIpc) is 2.90. The van der Waals surface area contributed by atoms with E-state index in [-0.39, 0.29) is 18.8 Å². The van der Waals surface area contributed by atoms with Gasteiger partial charge in [0, 0.05) is 19.2 Å². The first-order chi connectivity index (χ1) is 13.8. The standard InChI is InChI=1S/C17H26F2N4O6/c18-17(19)14(25)11(29-15(17)23-8-7-12(20)21-16(23)26)10-28-9-5-3-1-2-4-6-13(24)22-27/h7-8,11,14-15,25,27H,1-6,9-10H2,(H,22,24)(H2,20,21,26). The monoisotopic (exact) mass is 420 g/mol. The molecule has 0 radical (unpaired) electrons. The van der Waals surface area contributed by atoms with Gasteiger partial charge in [-0.2, -0.15) is 13.8 Å². The van der Waals surface area contributed by atoms with Gasteiger partial charge >= 0.3 is 11.6 Å². The number of unbranched alkanes of at least 4 members (excludes halogenated alkanes) is 4. The van der Waals surface area contributed by atoms with Crippen LogP contribution in [0.2, 0.25) is 0 Å². The number of hydrogen-bond donors (Lipinski definition) is 4. The van der Waals surface area contributed by atoms with Crippen molar-refractivity contribution >= 4 is 11.7 Å². The lowest BCUT2D eigenvalue weighted by atomic mass is 10.1. The van der Waals surface area contributed by atoms with E-state index in [2.05, 4.69) is 4.98 Å². The maximum Gasteiger partial charge on any atom is 0.351 e. The number of carbonyl (C=O) groups excluding carboxylic acids is 1. The number of nitrogen functional groups attached to an aromatic ring is 1. The van der Waals surface area contributed by atoms with E-state index in [9.17, 15) is 23.5 Å². The van der Waals surface area contributed by atoms with Crippen molar-refractivity contribution in [2.45, 2.75) is 62.9 Å². The Hall–Kier alpha value is -2.15. The lowest BCUT2D eigenvalue weighted by Crippen LogP contribution is -2.42. The Balaban J connectivity index is 1.72. The number of hydroxylamine groups is 1. The van der Waals surface area contributed by atoms with Crippen molar-refractivity contribution in [2.75, 3.05) is 18.9 Å². The molecule has 2 heterocycles. The summed E-state index contributed by atoms with van der Waals surface area (Å²) in [5.74, 6) is -4.23. The first-order valence-electron chi connectivity index (χ1n) is 9.34. The van der Waals surface area contributed by atoms with Crippen LogP contribution in [-0.2, 0) is 14.3 Å². The highest BCUT2D eigenvalue weighted by Gasteiger charge is 2.59. The number of amides is 1. The number of aliphatic hydroxyl groups excluding tert-OH is 1. The van der Waals surface area contributed by atoms with Gasteiger partial charge in [-0.1, -0.05) is 19.3 Å². The van der Waals surface area contributed by atoms with Gasteiger partial charge in [0.25, 0.3) is 0 Å². The van der Waals surface area contributed by atoms with Crippen molar-refractivity contribution in [3.63, 3.8) is 0 Å². The topological polar surface area (TPSA) is 149 Å². The molecule has 3 atom stereocenters. The van der Waals surface area contributed by atoms with E-state index in [4.69, 9.17) is 20.4 Å². The molecule has 1 aromatic heterocycles. The van der Waals surface area contributed by atoms with E-state index >= 15 is 0 Å². The number of nitrogens with zero attached hydrogens (tertiary/aromatic N) is 2.